The number of hydrogen-bond donors (Lipinski definition) is 2. The molecule has 2 aromatic rings. The summed E-state index contributed by atoms with van der Waals surface area (Å²) in [6, 6.07) is 3.37. The standard InChI is InChI=1S/C32H46N4O6/c1-18(2)41-29-23(13-10-14-33-29)26-25(34-17-22-15-21(20-11-9-12-20)16-35-28(22)40-8)24(32(5,6)7)27(30(37)38)36(26)31(39)42-19(3)4/h10,13-16,18-20,24-27,34H,9,11-12,17H2,1-8H3,(H,37,38)/t24-,25-,26-,27-/m0/s1. The smallest absolute Gasteiger partial charge is 0.411 e. The van der Waals surface area contributed by atoms with Crippen LogP contribution >= 0.6 is 0 Å². The van der Waals surface area contributed by atoms with Crippen molar-refractivity contribution in [2.24, 2.45) is 11.3 Å². The molecule has 3 heterocycles. The third kappa shape index (κ3) is 6.64. The molecule has 2 N–H and O–H groups in total. The molecular weight excluding hydrogens is 536 g/mol. The zero-order valence-electron chi connectivity index (χ0n) is 26.1. The lowest BCUT2D eigenvalue weighted by atomic mass is 9.72. The lowest BCUT2D eigenvalue weighted by Gasteiger charge is -2.35. The summed E-state index contributed by atoms with van der Waals surface area (Å²) in [5, 5.41) is 14.3. The minimum absolute atomic E-state index is 0.180. The van der Waals surface area contributed by atoms with Crippen LogP contribution in [0.5, 0.6) is 11.8 Å². The van der Waals surface area contributed by atoms with Crippen molar-refractivity contribution in [3.05, 3.63) is 47.3 Å². The molecule has 0 bridgehead atoms. The molecule has 1 amide bonds. The molecule has 10 nitrogen and oxygen atoms in total. The van der Waals surface area contributed by atoms with Gasteiger partial charge in [-0.3, -0.25) is 4.90 Å². The second kappa shape index (κ2) is 12.9. The second-order valence-corrected chi connectivity index (χ2v) is 13.0. The Bertz CT molecular complexity index is 1260. The van der Waals surface area contributed by atoms with E-state index in [0.29, 0.717) is 29.8 Å². The summed E-state index contributed by atoms with van der Waals surface area (Å²) in [6.07, 6.45) is 5.72. The molecule has 4 rings (SSSR count). The van der Waals surface area contributed by atoms with Gasteiger partial charge < -0.3 is 24.6 Å². The molecule has 1 saturated carbocycles. The molecule has 2 aromatic heterocycles. The van der Waals surface area contributed by atoms with Gasteiger partial charge in [-0.05, 0) is 75.6 Å². The minimum atomic E-state index is -1.16. The summed E-state index contributed by atoms with van der Waals surface area (Å²) in [4.78, 5) is 37.2. The fourth-order valence-corrected chi connectivity index (χ4v) is 6.24. The van der Waals surface area contributed by atoms with Gasteiger partial charge in [0.25, 0.3) is 0 Å². The summed E-state index contributed by atoms with van der Waals surface area (Å²) < 4.78 is 17.4. The number of likely N-dealkylation sites (tertiary alicyclic amines) is 1. The van der Waals surface area contributed by atoms with Crippen LogP contribution < -0.4 is 14.8 Å². The Morgan fingerprint density at radius 3 is 2.38 bits per heavy atom. The van der Waals surface area contributed by atoms with Gasteiger partial charge in [-0.2, -0.15) is 0 Å². The van der Waals surface area contributed by atoms with Crippen molar-refractivity contribution < 1.29 is 28.9 Å². The van der Waals surface area contributed by atoms with Crippen LogP contribution in [0, 0.1) is 11.3 Å². The van der Waals surface area contributed by atoms with Gasteiger partial charge >= 0.3 is 12.1 Å². The monoisotopic (exact) mass is 582 g/mol. The highest BCUT2D eigenvalue weighted by molar-refractivity contribution is 5.82. The number of ether oxygens (including phenoxy) is 3. The first kappa shape index (κ1) is 31.5. The molecule has 0 spiro atoms. The zero-order chi connectivity index (χ0) is 30.8. The Labute approximate surface area is 249 Å². The van der Waals surface area contributed by atoms with Crippen LogP contribution in [0.2, 0.25) is 0 Å². The van der Waals surface area contributed by atoms with Crippen molar-refractivity contribution in [2.75, 3.05) is 7.11 Å². The lowest BCUT2D eigenvalue weighted by Crippen LogP contribution is -2.48. The van der Waals surface area contributed by atoms with Gasteiger partial charge in [0.2, 0.25) is 11.8 Å². The fraction of sp³-hybridized carbons (Fsp3) is 0.625. The summed E-state index contributed by atoms with van der Waals surface area (Å²) in [5.74, 6) is -0.223. The highest BCUT2D eigenvalue weighted by atomic mass is 16.6. The number of nitrogens with one attached hydrogen (secondary N) is 1. The largest absolute Gasteiger partial charge is 0.481 e. The third-order valence-electron chi connectivity index (χ3n) is 8.18. The molecule has 0 unspecified atom stereocenters. The van der Waals surface area contributed by atoms with Gasteiger partial charge in [0, 0.05) is 42.0 Å². The Morgan fingerprint density at radius 2 is 1.83 bits per heavy atom. The number of rotatable bonds is 10. The molecule has 2 fully saturated rings. The predicted molar refractivity (Wildman–Crippen MR) is 159 cm³/mol. The van der Waals surface area contributed by atoms with Gasteiger partial charge in [0.1, 0.15) is 6.04 Å². The Balaban J connectivity index is 1.84. The molecule has 0 aromatic carbocycles. The van der Waals surface area contributed by atoms with Crippen molar-refractivity contribution in [3.8, 4) is 11.8 Å². The average Bonchev–Trinajstić information content (AvgIpc) is 3.22. The molecule has 1 saturated heterocycles. The maximum Gasteiger partial charge on any atom is 0.411 e. The van der Waals surface area contributed by atoms with Crippen LogP contribution in [0.1, 0.15) is 96.4 Å². The number of carbonyl (C=O) groups excluding carboxylic acids is 1. The molecule has 2 aliphatic rings. The molecular formula is C32H46N4O6. The number of aromatic nitrogens is 2. The van der Waals surface area contributed by atoms with Crippen LogP contribution in [0.15, 0.2) is 30.6 Å². The van der Waals surface area contributed by atoms with E-state index < -0.39 is 47.6 Å². The Hall–Kier alpha value is -3.40. The van der Waals surface area contributed by atoms with E-state index in [9.17, 15) is 14.7 Å². The molecule has 1 aliphatic heterocycles. The first-order valence-electron chi connectivity index (χ1n) is 14.9. The van der Waals surface area contributed by atoms with Gasteiger partial charge in [-0.25, -0.2) is 19.6 Å². The first-order valence-corrected chi connectivity index (χ1v) is 14.9. The van der Waals surface area contributed by atoms with Crippen LogP contribution in [0.3, 0.4) is 0 Å². The van der Waals surface area contributed by atoms with E-state index in [4.69, 9.17) is 14.2 Å². The van der Waals surface area contributed by atoms with Crippen LogP contribution in [-0.4, -0.2) is 63.4 Å². The van der Waals surface area contributed by atoms with E-state index in [0.717, 1.165) is 18.4 Å². The number of carboxylic acids is 1. The van der Waals surface area contributed by atoms with E-state index in [1.807, 2.05) is 46.9 Å². The predicted octanol–water partition coefficient (Wildman–Crippen LogP) is 5.72. The summed E-state index contributed by atoms with van der Waals surface area (Å²) in [6.45, 7) is 13.7. The summed E-state index contributed by atoms with van der Waals surface area (Å²) >= 11 is 0. The number of pyridine rings is 2. The zero-order valence-corrected chi connectivity index (χ0v) is 26.1. The lowest BCUT2D eigenvalue weighted by molar-refractivity contribution is -0.144. The van der Waals surface area contributed by atoms with Crippen molar-refractivity contribution >= 4 is 12.1 Å². The van der Waals surface area contributed by atoms with Crippen molar-refractivity contribution in [2.45, 2.75) is 111 Å². The molecule has 4 atom stereocenters. The normalized spacial score (nSPS) is 22.8. The van der Waals surface area contributed by atoms with E-state index in [1.165, 1.54) is 16.9 Å². The van der Waals surface area contributed by atoms with Crippen molar-refractivity contribution in [1.29, 1.82) is 0 Å². The Kier molecular flexibility index (Phi) is 9.65. The molecule has 10 heteroatoms. The van der Waals surface area contributed by atoms with E-state index >= 15 is 0 Å². The SMILES string of the molecule is COc1ncc(C2CCC2)cc1CN[C@H]1[C@H](C(C)(C)C)[C@@H](C(=O)O)N(C(=O)OC(C)C)[C@H]1c1cccnc1OC(C)C. The number of nitrogens with zero attached hydrogens (tertiary/aromatic N) is 3. The molecule has 1 aliphatic carbocycles. The fourth-order valence-electron chi connectivity index (χ4n) is 6.24. The number of methoxy groups -OCH3 is 1. The van der Waals surface area contributed by atoms with Crippen molar-refractivity contribution in [1.82, 2.24) is 20.2 Å². The average molecular weight is 583 g/mol. The van der Waals surface area contributed by atoms with Crippen molar-refractivity contribution in [3.63, 3.8) is 0 Å². The second-order valence-electron chi connectivity index (χ2n) is 13.0. The third-order valence-corrected chi connectivity index (χ3v) is 8.18. The Morgan fingerprint density at radius 1 is 1.12 bits per heavy atom. The summed E-state index contributed by atoms with van der Waals surface area (Å²) in [5.41, 5.74) is 2.17. The quantitative estimate of drug-likeness (QED) is 0.362. The van der Waals surface area contributed by atoms with Gasteiger partial charge in [0.05, 0.1) is 25.4 Å². The first-order chi connectivity index (χ1) is 19.8. The van der Waals surface area contributed by atoms with E-state index in [2.05, 4.69) is 21.4 Å². The maximum atomic E-state index is 13.8. The number of carboxylic acid groups (broad SMARTS) is 1. The number of aliphatic carboxylic acids is 1. The molecule has 42 heavy (non-hydrogen) atoms. The van der Waals surface area contributed by atoms with E-state index in [-0.39, 0.29) is 6.10 Å². The van der Waals surface area contributed by atoms with Crippen LogP contribution in [0.25, 0.3) is 0 Å². The summed E-state index contributed by atoms with van der Waals surface area (Å²) in [7, 11) is 1.60. The molecule has 230 valence electrons. The van der Waals surface area contributed by atoms with Crippen LogP contribution in [-0.2, 0) is 16.1 Å². The van der Waals surface area contributed by atoms with E-state index in [1.54, 1.807) is 33.2 Å². The molecule has 0 radical (unpaired) electrons. The van der Waals surface area contributed by atoms with Gasteiger partial charge in [0.15, 0.2) is 0 Å². The maximum absolute atomic E-state index is 13.8. The van der Waals surface area contributed by atoms with Gasteiger partial charge in [-0.1, -0.05) is 27.2 Å². The number of carbonyl (C=O) groups is 2. The topological polar surface area (TPSA) is 123 Å². The number of amides is 1. The highest BCUT2D eigenvalue weighted by Gasteiger charge is 2.59. The minimum Gasteiger partial charge on any atom is -0.481 e. The number of hydrogen-bond acceptors (Lipinski definition) is 8. The highest BCUT2D eigenvalue weighted by Crippen LogP contribution is 2.50. The van der Waals surface area contributed by atoms with Gasteiger partial charge in [-0.15, -0.1) is 0 Å². The van der Waals surface area contributed by atoms with Crippen LogP contribution in [0.4, 0.5) is 4.79 Å².